The van der Waals surface area contributed by atoms with E-state index in [-0.39, 0.29) is 0 Å². The van der Waals surface area contributed by atoms with Crippen molar-refractivity contribution in [3.05, 3.63) is 0 Å². The number of hydrogen-bond donors (Lipinski definition) is 1. The zero-order valence-corrected chi connectivity index (χ0v) is 5.46. The molecule has 3 heteroatoms. The summed E-state index contributed by atoms with van der Waals surface area (Å²) in [5.41, 5.74) is 1.09. The molecule has 0 atom stereocenters. The quantitative estimate of drug-likeness (QED) is 0.439. The van der Waals surface area contributed by atoms with Gasteiger partial charge in [-0.1, -0.05) is 6.92 Å². The summed E-state index contributed by atoms with van der Waals surface area (Å²) >= 11 is 1.02. The van der Waals surface area contributed by atoms with Crippen LogP contribution in [0.25, 0.3) is 0 Å². The molecule has 0 spiro atoms. The minimum absolute atomic E-state index is 0.990. The average Bonchev–Trinajstić information content (AvgIpc) is 1.68. The van der Waals surface area contributed by atoms with Crippen LogP contribution in [0, 0.1) is 0 Å². The van der Waals surface area contributed by atoms with Gasteiger partial charge < -0.3 is 0 Å². The predicted molar refractivity (Wildman–Crippen MR) is 35.2 cm³/mol. The number of hydrogen-bond acceptors (Lipinski definition) is 3. The van der Waals surface area contributed by atoms with E-state index in [0.29, 0.717) is 0 Å². The van der Waals surface area contributed by atoms with Crippen molar-refractivity contribution >= 4 is 17.8 Å². The lowest BCUT2D eigenvalue weighted by Gasteiger charge is -1.86. The van der Waals surface area contributed by atoms with E-state index >= 15 is 0 Å². The van der Waals surface area contributed by atoms with Crippen LogP contribution in [0.1, 0.15) is 20.3 Å². The second-order valence-corrected chi connectivity index (χ2v) is 1.68. The first-order valence-corrected chi connectivity index (χ1v) is 3.04. The Morgan fingerprint density at radius 3 is 2.57 bits per heavy atom. The summed E-state index contributed by atoms with van der Waals surface area (Å²) in [6.45, 7) is 4.01. The molecule has 0 amide bonds. The molecule has 42 valence electrons. The highest BCUT2D eigenvalue weighted by Crippen LogP contribution is 1.91. The number of nitrogens with two attached hydrogens (primary N) is 1. The van der Waals surface area contributed by atoms with Crippen LogP contribution in [-0.2, 0) is 0 Å². The van der Waals surface area contributed by atoms with Crippen molar-refractivity contribution < 1.29 is 0 Å². The van der Waals surface area contributed by atoms with E-state index in [1.807, 2.05) is 6.92 Å². The zero-order chi connectivity index (χ0) is 5.70. The Morgan fingerprint density at radius 2 is 2.43 bits per heavy atom. The molecule has 0 aliphatic rings. The van der Waals surface area contributed by atoms with Crippen LogP contribution in [0.5, 0.6) is 0 Å². The van der Waals surface area contributed by atoms with Gasteiger partial charge in [-0.15, -0.1) is 0 Å². The Labute approximate surface area is 48.5 Å². The lowest BCUT2D eigenvalue weighted by atomic mass is 10.3. The van der Waals surface area contributed by atoms with E-state index in [9.17, 15) is 0 Å². The van der Waals surface area contributed by atoms with E-state index in [1.165, 1.54) is 0 Å². The summed E-state index contributed by atoms with van der Waals surface area (Å²) in [7, 11) is 0. The van der Waals surface area contributed by atoms with Crippen LogP contribution in [0.2, 0.25) is 0 Å². The standard InChI is InChI=1S/C4H10N2S/c1-3-4(2)6-7-5/h3,5H2,1-2H3. The monoisotopic (exact) mass is 118 g/mol. The van der Waals surface area contributed by atoms with Crippen LogP contribution in [-0.4, -0.2) is 5.71 Å². The molecule has 0 unspecified atom stereocenters. The largest absolute Gasteiger partial charge is 0.258 e. The first kappa shape index (κ1) is 6.98. The lowest BCUT2D eigenvalue weighted by Crippen LogP contribution is -1.85. The fourth-order valence-electron chi connectivity index (χ4n) is 0.155. The topological polar surface area (TPSA) is 38.4 Å². The van der Waals surface area contributed by atoms with Crippen molar-refractivity contribution in [1.29, 1.82) is 0 Å². The molecule has 0 radical (unpaired) electrons. The summed E-state index contributed by atoms with van der Waals surface area (Å²) in [5, 5.41) is 5.03. The minimum atomic E-state index is 0.990. The predicted octanol–water partition coefficient (Wildman–Crippen LogP) is 1.38. The maximum Gasteiger partial charge on any atom is 0.0555 e. The fraction of sp³-hybridized carbons (Fsp3) is 0.750. The SMILES string of the molecule is CCC(C)=NSN. The van der Waals surface area contributed by atoms with Gasteiger partial charge in [0.15, 0.2) is 0 Å². The van der Waals surface area contributed by atoms with Gasteiger partial charge in [-0.05, 0) is 13.3 Å². The van der Waals surface area contributed by atoms with Crippen LogP contribution in [0.15, 0.2) is 4.40 Å². The Hall–Kier alpha value is -0.0200. The zero-order valence-electron chi connectivity index (χ0n) is 4.64. The van der Waals surface area contributed by atoms with Gasteiger partial charge in [-0.25, -0.2) is 4.40 Å². The van der Waals surface area contributed by atoms with Gasteiger partial charge in [0.1, 0.15) is 0 Å². The summed E-state index contributed by atoms with van der Waals surface area (Å²) in [6.07, 6.45) is 0.990. The van der Waals surface area contributed by atoms with E-state index in [0.717, 1.165) is 24.3 Å². The van der Waals surface area contributed by atoms with Crippen molar-refractivity contribution in [1.82, 2.24) is 0 Å². The molecule has 0 aliphatic heterocycles. The van der Waals surface area contributed by atoms with E-state index in [1.54, 1.807) is 0 Å². The van der Waals surface area contributed by atoms with E-state index in [4.69, 9.17) is 5.14 Å². The van der Waals surface area contributed by atoms with Gasteiger partial charge in [0.05, 0.1) is 12.1 Å². The maximum atomic E-state index is 5.03. The van der Waals surface area contributed by atoms with Crippen molar-refractivity contribution in [2.45, 2.75) is 20.3 Å². The molecule has 0 rings (SSSR count). The van der Waals surface area contributed by atoms with Gasteiger partial charge in [-0.3, -0.25) is 5.14 Å². The Morgan fingerprint density at radius 1 is 1.86 bits per heavy atom. The third kappa shape index (κ3) is 3.82. The van der Waals surface area contributed by atoms with Gasteiger partial charge >= 0.3 is 0 Å². The third-order valence-electron chi connectivity index (χ3n) is 0.720. The molecule has 2 N–H and O–H groups in total. The summed E-state index contributed by atoms with van der Waals surface area (Å²) in [4.78, 5) is 0. The van der Waals surface area contributed by atoms with Crippen molar-refractivity contribution in [2.24, 2.45) is 9.54 Å². The third-order valence-corrected chi connectivity index (χ3v) is 1.14. The minimum Gasteiger partial charge on any atom is -0.258 e. The first-order chi connectivity index (χ1) is 3.31. The average molecular weight is 118 g/mol. The Kier molecular flexibility index (Phi) is 4.14. The smallest absolute Gasteiger partial charge is 0.0555 e. The summed E-state index contributed by atoms with van der Waals surface area (Å²) < 4.78 is 3.85. The van der Waals surface area contributed by atoms with Crippen molar-refractivity contribution in [2.75, 3.05) is 0 Å². The molecular formula is C4H10N2S. The highest BCUT2D eigenvalue weighted by molar-refractivity contribution is 7.95. The molecule has 0 aromatic heterocycles. The molecule has 0 aromatic rings. The normalized spacial score (nSPS) is 12.1. The fourth-order valence-corrected chi connectivity index (χ4v) is 0.464. The Bertz CT molecular complexity index is 70.1. The molecule has 0 fully saturated rings. The van der Waals surface area contributed by atoms with Gasteiger partial charge in [0.25, 0.3) is 0 Å². The molecule has 0 bridgehead atoms. The van der Waals surface area contributed by atoms with Gasteiger partial charge in [0.2, 0.25) is 0 Å². The first-order valence-electron chi connectivity index (χ1n) is 2.20. The van der Waals surface area contributed by atoms with Crippen molar-refractivity contribution in [3.8, 4) is 0 Å². The van der Waals surface area contributed by atoms with E-state index in [2.05, 4.69) is 11.3 Å². The molecule has 0 saturated carbocycles. The summed E-state index contributed by atoms with van der Waals surface area (Å²) in [6, 6.07) is 0. The maximum absolute atomic E-state index is 5.03. The molecule has 7 heavy (non-hydrogen) atoms. The molecule has 2 nitrogen and oxygen atoms in total. The van der Waals surface area contributed by atoms with Gasteiger partial charge in [-0.2, -0.15) is 0 Å². The highest BCUT2D eigenvalue weighted by Gasteiger charge is 1.79. The summed E-state index contributed by atoms with van der Waals surface area (Å²) in [5.74, 6) is 0. The second-order valence-electron chi connectivity index (χ2n) is 1.29. The second kappa shape index (κ2) is 4.15. The van der Waals surface area contributed by atoms with Crippen LogP contribution < -0.4 is 5.14 Å². The molecule has 0 heterocycles. The lowest BCUT2D eigenvalue weighted by molar-refractivity contribution is 1.27. The highest BCUT2D eigenvalue weighted by atomic mass is 32.2. The van der Waals surface area contributed by atoms with Crippen molar-refractivity contribution in [3.63, 3.8) is 0 Å². The van der Waals surface area contributed by atoms with Crippen LogP contribution in [0.4, 0.5) is 0 Å². The van der Waals surface area contributed by atoms with Crippen LogP contribution in [0.3, 0.4) is 0 Å². The van der Waals surface area contributed by atoms with E-state index < -0.39 is 0 Å². The van der Waals surface area contributed by atoms with Crippen LogP contribution >= 0.6 is 12.1 Å². The number of rotatable bonds is 2. The Balaban J connectivity index is 3.29. The molecule has 0 aromatic carbocycles. The molecule has 0 saturated heterocycles. The number of nitrogens with zero attached hydrogens (tertiary/aromatic N) is 1. The molecular weight excluding hydrogens is 108 g/mol. The van der Waals surface area contributed by atoms with Gasteiger partial charge in [0, 0.05) is 5.71 Å². The molecule has 0 aliphatic carbocycles.